The Morgan fingerprint density at radius 3 is 2.75 bits per heavy atom. The molecule has 7 nitrogen and oxygen atoms in total. The minimum absolute atomic E-state index is 0.110. The molecule has 0 saturated carbocycles. The molecular formula is C27H28F2N4O3. The normalized spacial score (nSPS) is 20.6. The number of rotatable bonds is 6. The van der Waals surface area contributed by atoms with E-state index in [0.29, 0.717) is 38.1 Å². The quantitative estimate of drug-likeness (QED) is 0.562. The molecule has 0 bridgehead atoms. The first-order valence-corrected chi connectivity index (χ1v) is 11.9. The van der Waals surface area contributed by atoms with Crippen LogP contribution in [0, 0.1) is 24.0 Å². The Morgan fingerprint density at radius 1 is 1.22 bits per heavy atom. The van der Waals surface area contributed by atoms with Crippen LogP contribution < -0.4 is 4.74 Å². The zero-order valence-corrected chi connectivity index (χ0v) is 20.2. The lowest BCUT2D eigenvalue weighted by Gasteiger charge is -2.42. The highest BCUT2D eigenvalue weighted by atomic mass is 19.1. The third-order valence-electron chi connectivity index (χ3n) is 7.22. The molecule has 1 amide bonds. The van der Waals surface area contributed by atoms with E-state index in [2.05, 4.69) is 4.98 Å². The molecule has 1 aromatic heterocycles. The van der Waals surface area contributed by atoms with E-state index in [1.54, 1.807) is 13.4 Å². The number of methoxy groups -OCH3 is 1. The van der Waals surface area contributed by atoms with Crippen LogP contribution >= 0.6 is 0 Å². The number of aliphatic imine (C=N–C) groups is 1. The summed E-state index contributed by atoms with van der Waals surface area (Å²) in [7, 11) is 1.61. The van der Waals surface area contributed by atoms with Gasteiger partial charge < -0.3 is 19.3 Å². The van der Waals surface area contributed by atoms with Crippen molar-refractivity contribution in [3.05, 3.63) is 77.4 Å². The van der Waals surface area contributed by atoms with Gasteiger partial charge in [0, 0.05) is 36.5 Å². The molecule has 1 saturated heterocycles. The van der Waals surface area contributed by atoms with E-state index < -0.39 is 29.7 Å². The third-order valence-corrected chi connectivity index (χ3v) is 7.22. The Bertz CT molecular complexity index is 1340. The van der Waals surface area contributed by atoms with Crippen molar-refractivity contribution in [3.63, 3.8) is 0 Å². The van der Waals surface area contributed by atoms with Gasteiger partial charge in [-0.3, -0.25) is 9.79 Å². The van der Waals surface area contributed by atoms with Crippen molar-refractivity contribution in [2.75, 3.05) is 26.8 Å². The Morgan fingerprint density at radius 2 is 2.06 bits per heavy atom. The number of aromatic nitrogens is 2. The molecule has 2 atom stereocenters. The minimum atomic E-state index is -0.877. The van der Waals surface area contributed by atoms with E-state index in [9.17, 15) is 18.7 Å². The van der Waals surface area contributed by atoms with Crippen molar-refractivity contribution in [2.45, 2.75) is 32.2 Å². The predicted molar refractivity (Wildman–Crippen MR) is 130 cm³/mol. The molecule has 9 heteroatoms. The zero-order valence-electron chi connectivity index (χ0n) is 20.2. The van der Waals surface area contributed by atoms with Crippen molar-refractivity contribution in [1.82, 2.24) is 14.5 Å². The van der Waals surface area contributed by atoms with Gasteiger partial charge in [-0.1, -0.05) is 12.1 Å². The number of aliphatic hydroxyl groups is 1. The summed E-state index contributed by atoms with van der Waals surface area (Å²) in [4.78, 5) is 24.3. The number of hydrogen-bond acceptors (Lipinski definition) is 5. The zero-order chi connectivity index (χ0) is 25.4. The first kappa shape index (κ1) is 24.1. The summed E-state index contributed by atoms with van der Waals surface area (Å²) in [5.41, 5.74) is 2.79. The Hall–Kier alpha value is -3.59. The monoisotopic (exact) mass is 494 g/mol. The van der Waals surface area contributed by atoms with E-state index in [1.807, 2.05) is 35.9 Å². The van der Waals surface area contributed by atoms with Crippen molar-refractivity contribution in [2.24, 2.45) is 10.4 Å². The largest absolute Gasteiger partial charge is 0.495 e. The topological polar surface area (TPSA) is 80.0 Å². The number of amides is 1. The minimum Gasteiger partial charge on any atom is -0.495 e. The Balaban J connectivity index is 1.39. The van der Waals surface area contributed by atoms with Gasteiger partial charge in [-0.15, -0.1) is 0 Å². The number of carbonyl (C=O) groups excluding carboxylic acids is 1. The number of likely N-dealkylation sites (tertiary alicyclic amines) is 1. The van der Waals surface area contributed by atoms with E-state index in [-0.39, 0.29) is 11.5 Å². The molecular weight excluding hydrogens is 466 g/mol. The average molecular weight is 495 g/mol. The molecule has 1 fully saturated rings. The standard InChI is InChI=1S/C27H28F2N4O3/c1-17-13-32(16-31-17)23-7-4-18(10-25(23)36-2)22-12-27(15-30-22)8-3-9-33(26(27)35)24(14-34)20-6-5-19(28)11-21(20)29/h4-7,10-11,13,16,24,34H,3,8-9,12,14-15H2,1-2H3. The average Bonchev–Trinajstić information content (AvgIpc) is 3.50. The SMILES string of the molecule is COc1cc(C2=NCC3(CCCN(C(CO)c4ccc(F)cc4F)C3=O)C2)ccc1-n1cnc(C)c1. The van der Waals surface area contributed by atoms with Gasteiger partial charge in [0.15, 0.2) is 0 Å². The molecule has 1 N–H and O–H groups in total. The van der Waals surface area contributed by atoms with Gasteiger partial charge in [-0.05, 0) is 43.5 Å². The van der Waals surface area contributed by atoms with Crippen molar-refractivity contribution in [1.29, 1.82) is 0 Å². The molecule has 2 aliphatic heterocycles. The first-order chi connectivity index (χ1) is 17.3. The van der Waals surface area contributed by atoms with Crippen LogP contribution in [0.4, 0.5) is 8.78 Å². The van der Waals surface area contributed by atoms with Crippen LogP contribution in [0.3, 0.4) is 0 Å². The van der Waals surface area contributed by atoms with Crippen LogP contribution in [-0.4, -0.2) is 58.0 Å². The van der Waals surface area contributed by atoms with E-state index in [4.69, 9.17) is 9.73 Å². The second-order valence-corrected chi connectivity index (χ2v) is 9.50. The first-order valence-electron chi connectivity index (χ1n) is 11.9. The number of imidazole rings is 1. The molecule has 3 aromatic rings. The number of aliphatic hydroxyl groups excluding tert-OH is 1. The molecule has 2 aromatic carbocycles. The highest BCUT2D eigenvalue weighted by Gasteiger charge is 2.49. The van der Waals surface area contributed by atoms with Crippen LogP contribution in [-0.2, 0) is 4.79 Å². The molecule has 0 radical (unpaired) electrons. The Kier molecular flexibility index (Phi) is 6.34. The molecule has 5 rings (SSSR count). The van der Waals surface area contributed by atoms with Crippen LogP contribution in [0.15, 0.2) is 53.9 Å². The van der Waals surface area contributed by atoms with Crippen LogP contribution in [0.2, 0.25) is 0 Å². The fourth-order valence-corrected chi connectivity index (χ4v) is 5.34. The number of halogens is 2. The molecule has 188 valence electrons. The number of nitrogens with zero attached hydrogens (tertiary/aromatic N) is 4. The number of ether oxygens (including phenoxy) is 1. The molecule has 2 unspecified atom stereocenters. The lowest BCUT2D eigenvalue weighted by Crippen LogP contribution is -2.51. The predicted octanol–water partition coefficient (Wildman–Crippen LogP) is 4.00. The number of carbonyl (C=O) groups is 1. The molecule has 2 aliphatic rings. The molecule has 0 aliphatic carbocycles. The maximum Gasteiger partial charge on any atom is 0.231 e. The summed E-state index contributed by atoms with van der Waals surface area (Å²) in [6, 6.07) is 8.16. The smallest absolute Gasteiger partial charge is 0.231 e. The van der Waals surface area contributed by atoms with Gasteiger partial charge in [0.05, 0.1) is 49.4 Å². The van der Waals surface area contributed by atoms with Crippen LogP contribution in [0.25, 0.3) is 5.69 Å². The fourth-order valence-electron chi connectivity index (χ4n) is 5.34. The van der Waals surface area contributed by atoms with Gasteiger partial charge in [-0.25, -0.2) is 13.8 Å². The highest BCUT2D eigenvalue weighted by Crippen LogP contribution is 2.43. The Labute approximate surface area is 208 Å². The van der Waals surface area contributed by atoms with Crippen LogP contribution in [0.5, 0.6) is 5.75 Å². The summed E-state index contributed by atoms with van der Waals surface area (Å²) in [6.07, 6.45) is 5.44. The van der Waals surface area contributed by atoms with Gasteiger partial charge in [0.1, 0.15) is 17.4 Å². The second kappa shape index (κ2) is 9.46. The number of benzene rings is 2. The third kappa shape index (κ3) is 4.17. The highest BCUT2D eigenvalue weighted by molar-refractivity contribution is 6.06. The number of piperidine rings is 1. The summed E-state index contributed by atoms with van der Waals surface area (Å²) < 4.78 is 35.5. The maximum atomic E-state index is 14.5. The van der Waals surface area contributed by atoms with E-state index >= 15 is 0 Å². The molecule has 1 spiro atoms. The van der Waals surface area contributed by atoms with Crippen molar-refractivity contribution in [3.8, 4) is 11.4 Å². The van der Waals surface area contributed by atoms with Crippen LogP contribution in [0.1, 0.15) is 42.1 Å². The maximum absolute atomic E-state index is 14.5. The van der Waals surface area contributed by atoms with Gasteiger partial charge in [0.25, 0.3) is 0 Å². The summed E-state index contributed by atoms with van der Waals surface area (Å²) >= 11 is 0. The molecule has 36 heavy (non-hydrogen) atoms. The summed E-state index contributed by atoms with van der Waals surface area (Å²) in [5.74, 6) is -0.969. The van der Waals surface area contributed by atoms with Crippen molar-refractivity contribution >= 4 is 11.6 Å². The lowest BCUT2D eigenvalue weighted by atomic mass is 9.75. The van der Waals surface area contributed by atoms with Gasteiger partial charge >= 0.3 is 0 Å². The van der Waals surface area contributed by atoms with E-state index in [1.165, 1.54) is 11.0 Å². The van der Waals surface area contributed by atoms with Gasteiger partial charge in [-0.2, -0.15) is 0 Å². The van der Waals surface area contributed by atoms with E-state index in [0.717, 1.165) is 34.8 Å². The molecule has 3 heterocycles. The second-order valence-electron chi connectivity index (χ2n) is 9.50. The number of hydrogen-bond donors (Lipinski definition) is 1. The summed E-state index contributed by atoms with van der Waals surface area (Å²) in [5, 5.41) is 10.1. The number of aryl methyl sites for hydroxylation is 1. The fraction of sp³-hybridized carbons (Fsp3) is 0.370. The van der Waals surface area contributed by atoms with Crippen molar-refractivity contribution < 1.29 is 23.4 Å². The summed E-state index contributed by atoms with van der Waals surface area (Å²) in [6.45, 7) is 2.18. The van der Waals surface area contributed by atoms with Gasteiger partial charge in [0.2, 0.25) is 5.91 Å². The lowest BCUT2D eigenvalue weighted by molar-refractivity contribution is -0.149.